The number of nitrogens with one attached hydrogen (secondary N) is 1. The Kier molecular flexibility index (Phi) is 3.99. The molecule has 6 heteroatoms. The molecular formula is C11H18ClN5. The normalized spacial score (nSPS) is 17.2. The minimum absolute atomic E-state index is 0.254. The third-order valence-corrected chi connectivity index (χ3v) is 3.17. The highest BCUT2D eigenvalue weighted by Gasteiger charge is 2.19. The van der Waals surface area contributed by atoms with Crippen LogP contribution in [-0.2, 0) is 0 Å². The Morgan fingerprint density at radius 2 is 2.00 bits per heavy atom. The fourth-order valence-corrected chi connectivity index (χ4v) is 2.08. The second kappa shape index (κ2) is 5.49. The van der Waals surface area contributed by atoms with E-state index in [-0.39, 0.29) is 5.28 Å². The second-order valence-corrected chi connectivity index (χ2v) is 4.77. The lowest BCUT2D eigenvalue weighted by atomic mass is 10.00. The molecule has 1 N–H and O–H groups in total. The zero-order chi connectivity index (χ0) is 12.3. The summed E-state index contributed by atoms with van der Waals surface area (Å²) in [6, 6.07) is 0. The van der Waals surface area contributed by atoms with Gasteiger partial charge in [0.05, 0.1) is 0 Å². The Hall–Kier alpha value is -1.10. The van der Waals surface area contributed by atoms with Crippen LogP contribution in [0, 0.1) is 5.92 Å². The van der Waals surface area contributed by atoms with Gasteiger partial charge in [0.2, 0.25) is 17.2 Å². The molecular weight excluding hydrogens is 238 g/mol. The van der Waals surface area contributed by atoms with Gasteiger partial charge in [-0.15, -0.1) is 0 Å². The molecule has 2 heterocycles. The number of rotatable bonds is 3. The first kappa shape index (κ1) is 12.4. The van der Waals surface area contributed by atoms with E-state index in [1.165, 1.54) is 12.8 Å². The maximum absolute atomic E-state index is 5.90. The molecule has 1 fully saturated rings. The molecule has 17 heavy (non-hydrogen) atoms. The Labute approximate surface area is 107 Å². The van der Waals surface area contributed by atoms with Crippen molar-refractivity contribution in [3.05, 3.63) is 5.28 Å². The van der Waals surface area contributed by atoms with Crippen LogP contribution in [0.4, 0.5) is 11.9 Å². The zero-order valence-corrected chi connectivity index (χ0v) is 11.0. The van der Waals surface area contributed by atoms with Crippen molar-refractivity contribution in [3.63, 3.8) is 0 Å². The smallest absolute Gasteiger partial charge is 0.231 e. The number of piperidine rings is 1. The highest BCUT2D eigenvalue weighted by molar-refractivity contribution is 6.28. The predicted molar refractivity (Wildman–Crippen MR) is 69.6 cm³/mol. The summed E-state index contributed by atoms with van der Waals surface area (Å²) in [5.74, 6) is 2.03. The number of hydrogen-bond acceptors (Lipinski definition) is 5. The van der Waals surface area contributed by atoms with Gasteiger partial charge in [-0.1, -0.05) is 6.92 Å². The number of nitrogens with zero attached hydrogens (tertiary/aromatic N) is 4. The van der Waals surface area contributed by atoms with Crippen LogP contribution in [0.2, 0.25) is 5.28 Å². The molecule has 0 spiro atoms. The van der Waals surface area contributed by atoms with E-state index in [1.807, 2.05) is 6.92 Å². The van der Waals surface area contributed by atoms with E-state index in [0.29, 0.717) is 11.9 Å². The van der Waals surface area contributed by atoms with Gasteiger partial charge in [-0.05, 0) is 37.3 Å². The highest BCUT2D eigenvalue weighted by atomic mass is 35.5. The maximum Gasteiger partial charge on any atom is 0.231 e. The standard InChI is InChI=1S/C11H18ClN5/c1-3-13-10-14-9(12)15-11(16-10)17-6-4-8(2)5-7-17/h8H,3-7H2,1-2H3,(H,13,14,15,16). The van der Waals surface area contributed by atoms with Crippen molar-refractivity contribution < 1.29 is 0 Å². The van der Waals surface area contributed by atoms with Gasteiger partial charge >= 0.3 is 0 Å². The first-order chi connectivity index (χ1) is 8.19. The van der Waals surface area contributed by atoms with Crippen molar-refractivity contribution in [2.24, 2.45) is 5.92 Å². The van der Waals surface area contributed by atoms with Gasteiger partial charge < -0.3 is 10.2 Å². The SMILES string of the molecule is CCNc1nc(Cl)nc(N2CCC(C)CC2)n1. The Morgan fingerprint density at radius 3 is 2.65 bits per heavy atom. The molecule has 0 atom stereocenters. The molecule has 5 nitrogen and oxygen atoms in total. The van der Waals surface area contributed by atoms with Crippen molar-refractivity contribution in [2.45, 2.75) is 26.7 Å². The summed E-state index contributed by atoms with van der Waals surface area (Å²) in [6.45, 7) is 7.04. The first-order valence-electron chi connectivity index (χ1n) is 6.09. The van der Waals surface area contributed by atoms with Gasteiger partial charge in [0, 0.05) is 19.6 Å². The summed E-state index contributed by atoms with van der Waals surface area (Å²) < 4.78 is 0. The molecule has 2 rings (SSSR count). The molecule has 1 aromatic rings. The largest absolute Gasteiger partial charge is 0.354 e. The summed E-state index contributed by atoms with van der Waals surface area (Å²) in [5.41, 5.74) is 0. The third kappa shape index (κ3) is 3.19. The average Bonchev–Trinajstić information content (AvgIpc) is 2.29. The van der Waals surface area contributed by atoms with E-state index in [9.17, 15) is 0 Å². The summed E-state index contributed by atoms with van der Waals surface area (Å²) in [7, 11) is 0. The fourth-order valence-electron chi connectivity index (χ4n) is 1.93. The lowest BCUT2D eigenvalue weighted by Gasteiger charge is -2.30. The molecule has 1 aliphatic rings. The third-order valence-electron chi connectivity index (χ3n) is 3.00. The summed E-state index contributed by atoms with van der Waals surface area (Å²) in [6.07, 6.45) is 2.36. The van der Waals surface area contributed by atoms with Gasteiger partial charge in [-0.2, -0.15) is 15.0 Å². The number of aromatic nitrogens is 3. The minimum atomic E-state index is 0.254. The molecule has 0 unspecified atom stereocenters. The summed E-state index contributed by atoms with van der Waals surface area (Å²) in [5, 5.41) is 3.32. The van der Waals surface area contributed by atoms with Crippen LogP contribution < -0.4 is 10.2 Å². The van der Waals surface area contributed by atoms with E-state index in [0.717, 1.165) is 25.6 Å². The molecule has 0 aliphatic carbocycles. The molecule has 0 amide bonds. The molecule has 0 saturated carbocycles. The van der Waals surface area contributed by atoms with Crippen molar-refractivity contribution in [1.82, 2.24) is 15.0 Å². The number of halogens is 1. The van der Waals surface area contributed by atoms with Gasteiger partial charge in [0.1, 0.15) is 0 Å². The van der Waals surface area contributed by atoms with Crippen LogP contribution in [-0.4, -0.2) is 34.6 Å². The Bertz CT molecular complexity index is 376. The molecule has 0 radical (unpaired) electrons. The monoisotopic (exact) mass is 255 g/mol. The van der Waals surface area contributed by atoms with E-state index in [1.54, 1.807) is 0 Å². The predicted octanol–water partition coefficient (Wildman–Crippen LogP) is 2.19. The zero-order valence-electron chi connectivity index (χ0n) is 10.3. The van der Waals surface area contributed by atoms with Crippen LogP contribution in [0.25, 0.3) is 0 Å². The fraction of sp³-hybridized carbons (Fsp3) is 0.727. The minimum Gasteiger partial charge on any atom is -0.354 e. The molecule has 1 aromatic heterocycles. The van der Waals surface area contributed by atoms with E-state index < -0.39 is 0 Å². The van der Waals surface area contributed by atoms with E-state index in [4.69, 9.17) is 11.6 Å². The number of hydrogen-bond donors (Lipinski definition) is 1. The van der Waals surface area contributed by atoms with Gasteiger partial charge in [-0.25, -0.2) is 0 Å². The summed E-state index contributed by atoms with van der Waals surface area (Å²) >= 11 is 5.90. The van der Waals surface area contributed by atoms with Crippen molar-refractivity contribution >= 4 is 23.5 Å². The Morgan fingerprint density at radius 1 is 1.29 bits per heavy atom. The summed E-state index contributed by atoms with van der Waals surface area (Å²) in [4.78, 5) is 14.8. The van der Waals surface area contributed by atoms with Crippen molar-refractivity contribution in [3.8, 4) is 0 Å². The molecule has 0 aromatic carbocycles. The molecule has 1 saturated heterocycles. The topological polar surface area (TPSA) is 53.9 Å². The van der Waals surface area contributed by atoms with Crippen LogP contribution >= 0.6 is 11.6 Å². The average molecular weight is 256 g/mol. The molecule has 0 bridgehead atoms. The van der Waals surface area contributed by atoms with E-state index in [2.05, 4.69) is 32.1 Å². The van der Waals surface area contributed by atoms with Crippen molar-refractivity contribution in [1.29, 1.82) is 0 Å². The Balaban J connectivity index is 2.14. The van der Waals surface area contributed by atoms with Gasteiger partial charge in [0.25, 0.3) is 0 Å². The maximum atomic E-state index is 5.90. The van der Waals surface area contributed by atoms with Crippen LogP contribution in [0.15, 0.2) is 0 Å². The second-order valence-electron chi connectivity index (χ2n) is 4.43. The quantitative estimate of drug-likeness (QED) is 0.897. The van der Waals surface area contributed by atoms with E-state index >= 15 is 0 Å². The molecule has 94 valence electrons. The number of anilines is 2. The highest BCUT2D eigenvalue weighted by Crippen LogP contribution is 2.21. The lowest BCUT2D eigenvalue weighted by molar-refractivity contribution is 0.434. The molecule has 1 aliphatic heterocycles. The van der Waals surface area contributed by atoms with Gasteiger partial charge in [-0.3, -0.25) is 0 Å². The lowest BCUT2D eigenvalue weighted by Crippen LogP contribution is -2.34. The van der Waals surface area contributed by atoms with Crippen molar-refractivity contribution in [2.75, 3.05) is 29.9 Å². The van der Waals surface area contributed by atoms with Crippen LogP contribution in [0.5, 0.6) is 0 Å². The van der Waals surface area contributed by atoms with Gasteiger partial charge in [0.15, 0.2) is 0 Å². The van der Waals surface area contributed by atoms with Crippen LogP contribution in [0.3, 0.4) is 0 Å². The van der Waals surface area contributed by atoms with Crippen LogP contribution in [0.1, 0.15) is 26.7 Å². The first-order valence-corrected chi connectivity index (χ1v) is 6.47.